The van der Waals surface area contributed by atoms with E-state index < -0.39 is 5.63 Å². The minimum absolute atomic E-state index is 0.257. The molecular weight excluding hydrogens is 314 g/mol. The summed E-state index contributed by atoms with van der Waals surface area (Å²) in [6.45, 7) is 4.02. The van der Waals surface area contributed by atoms with Gasteiger partial charge in [-0.25, -0.2) is 9.78 Å². The summed E-state index contributed by atoms with van der Waals surface area (Å²) in [5.74, 6) is -0.283. The van der Waals surface area contributed by atoms with Gasteiger partial charge < -0.3 is 15.1 Å². The molecule has 0 fully saturated rings. The lowest BCUT2D eigenvalue weighted by Gasteiger charge is -2.05. The van der Waals surface area contributed by atoms with Gasteiger partial charge in [-0.3, -0.25) is 4.79 Å². The molecule has 3 rings (SSSR count). The van der Waals surface area contributed by atoms with E-state index in [4.69, 9.17) is 4.42 Å². The van der Waals surface area contributed by atoms with Gasteiger partial charge in [0.1, 0.15) is 11.3 Å². The normalized spacial score (nSPS) is 10.9. The second-order valence-electron chi connectivity index (χ2n) is 5.30. The predicted octanol–water partition coefficient (Wildman–Crippen LogP) is 3.32. The molecule has 0 aliphatic rings. The molecular formula is C16H15N3O3S. The van der Waals surface area contributed by atoms with E-state index in [1.807, 2.05) is 13.8 Å². The number of anilines is 2. The molecule has 0 aliphatic carbocycles. The average Bonchev–Trinajstić information content (AvgIpc) is 2.95. The molecule has 2 N–H and O–H groups in total. The predicted molar refractivity (Wildman–Crippen MR) is 91.3 cm³/mol. The Labute approximate surface area is 136 Å². The first-order valence-corrected chi connectivity index (χ1v) is 7.96. The number of nitrogens with one attached hydrogen (secondary N) is 2. The van der Waals surface area contributed by atoms with E-state index in [1.165, 1.54) is 17.4 Å². The Morgan fingerprint density at radius 1 is 1.26 bits per heavy atom. The minimum atomic E-state index is -0.401. The van der Waals surface area contributed by atoms with Crippen LogP contribution in [0.2, 0.25) is 0 Å². The van der Waals surface area contributed by atoms with Crippen molar-refractivity contribution in [2.24, 2.45) is 0 Å². The maximum atomic E-state index is 12.2. The maximum Gasteiger partial charge on any atom is 0.336 e. The number of hydrogen-bond acceptors (Lipinski definition) is 6. The zero-order chi connectivity index (χ0) is 16.4. The largest absolute Gasteiger partial charge is 0.423 e. The molecule has 1 amide bonds. The summed E-state index contributed by atoms with van der Waals surface area (Å²) in [7, 11) is 0. The molecule has 0 saturated heterocycles. The summed E-state index contributed by atoms with van der Waals surface area (Å²) >= 11 is 1.39. The standard InChI is InChI=1S/C16H15N3O3S/c1-9(2)17-16-19-12(8-23-16)15(21)18-11-4-5-13-10(7-11)3-6-14(20)22-13/h3-9H,1-2H3,(H,17,19)(H,18,21). The van der Waals surface area contributed by atoms with E-state index in [0.29, 0.717) is 22.1 Å². The number of aromatic nitrogens is 1. The molecule has 2 heterocycles. The topological polar surface area (TPSA) is 84.2 Å². The van der Waals surface area contributed by atoms with Crippen molar-refractivity contribution in [3.63, 3.8) is 0 Å². The van der Waals surface area contributed by atoms with Crippen molar-refractivity contribution in [2.75, 3.05) is 10.6 Å². The van der Waals surface area contributed by atoms with E-state index in [-0.39, 0.29) is 11.9 Å². The number of fused-ring (bicyclic) bond motifs is 1. The molecule has 0 aliphatic heterocycles. The summed E-state index contributed by atoms with van der Waals surface area (Å²) in [5, 5.41) is 9.11. The Morgan fingerprint density at radius 2 is 2.09 bits per heavy atom. The number of carbonyl (C=O) groups excluding carboxylic acids is 1. The lowest BCUT2D eigenvalue weighted by molar-refractivity contribution is 0.102. The van der Waals surface area contributed by atoms with Gasteiger partial charge in [0.2, 0.25) is 0 Å². The molecule has 0 bridgehead atoms. The molecule has 118 valence electrons. The Morgan fingerprint density at radius 3 is 2.87 bits per heavy atom. The molecule has 0 spiro atoms. The summed E-state index contributed by atoms with van der Waals surface area (Å²) in [6.07, 6.45) is 0. The molecule has 1 aromatic carbocycles. The van der Waals surface area contributed by atoms with E-state index in [2.05, 4.69) is 15.6 Å². The third-order valence-electron chi connectivity index (χ3n) is 3.03. The smallest absolute Gasteiger partial charge is 0.336 e. The second-order valence-corrected chi connectivity index (χ2v) is 6.16. The highest BCUT2D eigenvalue weighted by atomic mass is 32.1. The molecule has 0 atom stereocenters. The number of amides is 1. The van der Waals surface area contributed by atoms with Crippen molar-refractivity contribution >= 4 is 39.0 Å². The van der Waals surface area contributed by atoms with Crippen LogP contribution in [0.3, 0.4) is 0 Å². The van der Waals surface area contributed by atoms with E-state index in [1.54, 1.807) is 29.6 Å². The molecule has 0 saturated carbocycles. The van der Waals surface area contributed by atoms with Gasteiger partial charge in [0.05, 0.1) is 0 Å². The molecule has 2 aromatic heterocycles. The summed E-state index contributed by atoms with van der Waals surface area (Å²) in [6, 6.07) is 8.34. The zero-order valence-electron chi connectivity index (χ0n) is 12.6. The van der Waals surface area contributed by atoms with Gasteiger partial charge in [0.25, 0.3) is 5.91 Å². The van der Waals surface area contributed by atoms with Crippen molar-refractivity contribution in [3.8, 4) is 0 Å². The minimum Gasteiger partial charge on any atom is -0.423 e. The van der Waals surface area contributed by atoms with Crippen molar-refractivity contribution in [1.82, 2.24) is 4.98 Å². The number of thiazole rings is 1. The summed E-state index contributed by atoms with van der Waals surface area (Å²) in [5.41, 5.74) is 1.05. The van der Waals surface area contributed by atoms with Crippen LogP contribution in [0.1, 0.15) is 24.3 Å². The lowest BCUT2D eigenvalue weighted by atomic mass is 10.2. The maximum absolute atomic E-state index is 12.2. The van der Waals surface area contributed by atoms with E-state index in [9.17, 15) is 9.59 Å². The fourth-order valence-electron chi connectivity index (χ4n) is 2.04. The zero-order valence-corrected chi connectivity index (χ0v) is 13.4. The number of benzene rings is 1. The summed E-state index contributed by atoms with van der Waals surface area (Å²) in [4.78, 5) is 27.7. The summed E-state index contributed by atoms with van der Waals surface area (Å²) < 4.78 is 5.06. The first-order valence-electron chi connectivity index (χ1n) is 7.08. The van der Waals surface area contributed by atoms with Crippen LogP contribution in [-0.4, -0.2) is 16.9 Å². The van der Waals surface area contributed by atoms with Gasteiger partial charge in [-0.2, -0.15) is 0 Å². The van der Waals surface area contributed by atoms with Crippen LogP contribution in [0.15, 0.2) is 44.9 Å². The van der Waals surface area contributed by atoms with Crippen LogP contribution in [0.25, 0.3) is 11.0 Å². The fourth-order valence-corrected chi connectivity index (χ4v) is 2.87. The fraction of sp³-hybridized carbons (Fsp3) is 0.188. The van der Waals surface area contributed by atoms with Gasteiger partial charge in [0.15, 0.2) is 5.13 Å². The Balaban J connectivity index is 1.78. The van der Waals surface area contributed by atoms with Gasteiger partial charge in [-0.15, -0.1) is 11.3 Å². The highest BCUT2D eigenvalue weighted by Crippen LogP contribution is 2.20. The first kappa shape index (κ1) is 15.2. The van der Waals surface area contributed by atoms with E-state index in [0.717, 1.165) is 5.39 Å². The molecule has 23 heavy (non-hydrogen) atoms. The highest BCUT2D eigenvalue weighted by molar-refractivity contribution is 7.13. The highest BCUT2D eigenvalue weighted by Gasteiger charge is 2.12. The van der Waals surface area contributed by atoms with Gasteiger partial charge in [-0.1, -0.05) is 0 Å². The SMILES string of the molecule is CC(C)Nc1nc(C(=O)Nc2ccc3oc(=O)ccc3c2)cs1. The van der Waals surface area contributed by atoms with Crippen LogP contribution in [0, 0.1) is 0 Å². The number of hydrogen-bond donors (Lipinski definition) is 2. The van der Waals surface area contributed by atoms with Crippen LogP contribution < -0.4 is 16.3 Å². The molecule has 0 unspecified atom stereocenters. The third kappa shape index (κ3) is 3.57. The molecule has 3 aromatic rings. The Hall–Kier alpha value is -2.67. The van der Waals surface area contributed by atoms with Gasteiger partial charge in [0, 0.05) is 28.6 Å². The van der Waals surface area contributed by atoms with Crippen LogP contribution >= 0.6 is 11.3 Å². The molecule has 6 nitrogen and oxygen atoms in total. The average molecular weight is 329 g/mol. The van der Waals surface area contributed by atoms with Crippen LogP contribution in [-0.2, 0) is 0 Å². The van der Waals surface area contributed by atoms with Crippen molar-refractivity contribution < 1.29 is 9.21 Å². The van der Waals surface area contributed by atoms with E-state index >= 15 is 0 Å². The van der Waals surface area contributed by atoms with Crippen LogP contribution in [0.4, 0.5) is 10.8 Å². The Bertz CT molecular complexity index is 914. The molecule has 7 heteroatoms. The van der Waals surface area contributed by atoms with Gasteiger partial charge in [-0.05, 0) is 38.1 Å². The van der Waals surface area contributed by atoms with Crippen molar-refractivity contribution in [2.45, 2.75) is 19.9 Å². The number of rotatable bonds is 4. The second kappa shape index (κ2) is 6.21. The lowest BCUT2D eigenvalue weighted by Crippen LogP contribution is -2.13. The van der Waals surface area contributed by atoms with Gasteiger partial charge >= 0.3 is 5.63 Å². The Kier molecular flexibility index (Phi) is 4.12. The number of carbonyl (C=O) groups is 1. The monoisotopic (exact) mass is 329 g/mol. The number of nitrogens with zero attached hydrogens (tertiary/aromatic N) is 1. The molecule has 0 radical (unpaired) electrons. The van der Waals surface area contributed by atoms with Crippen LogP contribution in [0.5, 0.6) is 0 Å². The van der Waals surface area contributed by atoms with Crippen molar-refractivity contribution in [1.29, 1.82) is 0 Å². The first-order chi connectivity index (χ1) is 11.0. The third-order valence-corrected chi connectivity index (χ3v) is 3.80. The van der Waals surface area contributed by atoms with Crippen molar-refractivity contribution in [3.05, 3.63) is 51.8 Å². The quantitative estimate of drug-likeness (QED) is 0.717.